The van der Waals surface area contributed by atoms with E-state index in [9.17, 15) is 13.2 Å². The van der Waals surface area contributed by atoms with Gasteiger partial charge in [-0.3, -0.25) is 4.90 Å². The maximum Gasteiger partial charge on any atom is 0.337 e. The minimum atomic E-state index is -4.13. The monoisotopic (exact) mass is 398 g/mol. The molecule has 2 rings (SSSR count). The molecule has 0 atom stereocenters. The highest BCUT2D eigenvalue weighted by atomic mass is 35.5. The van der Waals surface area contributed by atoms with Crippen molar-refractivity contribution in [3.8, 4) is 0 Å². The molecule has 1 heterocycles. The Labute approximate surface area is 157 Å². The van der Waals surface area contributed by atoms with Crippen LogP contribution < -0.4 is 14.5 Å². The Kier molecular flexibility index (Phi) is 6.32. The number of halogens is 1. The molecule has 9 nitrogen and oxygen atoms in total. The molecule has 0 saturated carbocycles. The second kappa shape index (κ2) is 8.28. The fourth-order valence-electron chi connectivity index (χ4n) is 2.09. The lowest BCUT2D eigenvalue weighted by molar-refractivity contribution is 0.252. The molecular weight excluding hydrogens is 380 g/mol. The summed E-state index contributed by atoms with van der Waals surface area (Å²) in [4.78, 5) is 27.2. The van der Waals surface area contributed by atoms with Crippen LogP contribution in [0.4, 0.5) is 16.7 Å². The largest absolute Gasteiger partial charge is 0.341 e. The van der Waals surface area contributed by atoms with E-state index < -0.39 is 16.1 Å². The van der Waals surface area contributed by atoms with Crippen molar-refractivity contribution < 1.29 is 13.2 Å². The van der Waals surface area contributed by atoms with Crippen LogP contribution in [0.1, 0.15) is 13.8 Å². The number of carbonyl (C=O) groups excluding carboxylic acids is 1. The molecule has 0 aliphatic rings. The zero-order valence-corrected chi connectivity index (χ0v) is 16.1. The van der Waals surface area contributed by atoms with Crippen LogP contribution in [0.15, 0.2) is 35.5 Å². The van der Waals surface area contributed by atoms with E-state index >= 15 is 0 Å². The van der Waals surface area contributed by atoms with Crippen molar-refractivity contribution in [2.24, 2.45) is 0 Å². The quantitative estimate of drug-likeness (QED) is 0.791. The Balaban J connectivity index is 2.22. The molecule has 11 heteroatoms. The predicted molar refractivity (Wildman–Crippen MR) is 99.0 cm³/mol. The summed E-state index contributed by atoms with van der Waals surface area (Å²) < 4.78 is 26.7. The van der Waals surface area contributed by atoms with Gasteiger partial charge in [-0.05, 0) is 26.0 Å². The van der Waals surface area contributed by atoms with E-state index in [0.717, 1.165) is 4.90 Å². The van der Waals surface area contributed by atoms with E-state index in [-0.39, 0.29) is 15.9 Å². The van der Waals surface area contributed by atoms with Crippen molar-refractivity contribution in [2.75, 3.05) is 29.9 Å². The summed E-state index contributed by atoms with van der Waals surface area (Å²) in [6.07, 6.45) is 1.27. The number of amides is 2. The van der Waals surface area contributed by atoms with Crippen LogP contribution in [0, 0.1) is 0 Å². The summed E-state index contributed by atoms with van der Waals surface area (Å²) in [5.41, 5.74) is 0. The zero-order valence-electron chi connectivity index (χ0n) is 14.5. The number of nitrogens with one attached hydrogen (secondary N) is 1. The van der Waals surface area contributed by atoms with Gasteiger partial charge in [0.2, 0.25) is 11.9 Å². The minimum Gasteiger partial charge on any atom is -0.341 e. The summed E-state index contributed by atoms with van der Waals surface area (Å²) in [5, 5.41) is 0.0134. The Morgan fingerprint density at radius 1 is 1.15 bits per heavy atom. The van der Waals surface area contributed by atoms with Crippen LogP contribution in [0.5, 0.6) is 0 Å². The lowest BCUT2D eigenvalue weighted by Crippen LogP contribution is -2.41. The Morgan fingerprint density at radius 3 is 2.38 bits per heavy atom. The van der Waals surface area contributed by atoms with Crippen LogP contribution in [-0.2, 0) is 10.0 Å². The molecule has 0 unspecified atom stereocenters. The SMILES string of the molecule is CCN(CC)c1ncnc(N(C)C(=O)NS(=O)(=O)c2ccccc2Cl)n1. The predicted octanol–water partition coefficient (Wildman–Crippen LogP) is 1.91. The number of nitrogens with zero attached hydrogens (tertiary/aromatic N) is 5. The number of anilines is 2. The molecule has 2 aromatic rings. The van der Waals surface area contributed by atoms with E-state index in [1.54, 1.807) is 6.07 Å². The lowest BCUT2D eigenvalue weighted by atomic mass is 10.4. The molecule has 1 aromatic carbocycles. The molecule has 0 aliphatic carbocycles. The summed E-state index contributed by atoms with van der Waals surface area (Å²) in [6.45, 7) is 5.24. The second-order valence-electron chi connectivity index (χ2n) is 5.16. The Bertz CT molecular complexity index is 888. The first-order valence-electron chi connectivity index (χ1n) is 7.79. The van der Waals surface area contributed by atoms with E-state index in [4.69, 9.17) is 11.6 Å². The van der Waals surface area contributed by atoms with Crippen molar-refractivity contribution in [1.82, 2.24) is 19.7 Å². The first kappa shape index (κ1) is 19.9. The summed E-state index contributed by atoms with van der Waals surface area (Å²) in [5.74, 6) is 0.419. The molecule has 1 aromatic heterocycles. The van der Waals surface area contributed by atoms with Gasteiger partial charge in [-0.1, -0.05) is 23.7 Å². The maximum atomic E-state index is 12.4. The van der Waals surface area contributed by atoms with Crippen molar-refractivity contribution in [3.63, 3.8) is 0 Å². The van der Waals surface area contributed by atoms with Crippen LogP contribution in [-0.4, -0.2) is 49.5 Å². The van der Waals surface area contributed by atoms with Gasteiger partial charge in [-0.2, -0.15) is 4.98 Å². The van der Waals surface area contributed by atoms with E-state index in [1.165, 1.54) is 31.6 Å². The number of carbonyl (C=O) groups is 1. The number of hydrogen-bond donors (Lipinski definition) is 1. The van der Waals surface area contributed by atoms with Gasteiger partial charge in [0.1, 0.15) is 11.2 Å². The summed E-state index contributed by atoms with van der Waals surface area (Å²) in [6, 6.07) is 4.92. The fraction of sp³-hybridized carbons (Fsp3) is 0.333. The lowest BCUT2D eigenvalue weighted by Gasteiger charge is -2.20. The van der Waals surface area contributed by atoms with Gasteiger partial charge >= 0.3 is 6.03 Å². The number of aromatic nitrogens is 3. The molecule has 0 bridgehead atoms. The highest BCUT2D eigenvalue weighted by Crippen LogP contribution is 2.20. The van der Waals surface area contributed by atoms with Crippen molar-refractivity contribution in [1.29, 1.82) is 0 Å². The highest BCUT2D eigenvalue weighted by molar-refractivity contribution is 7.90. The molecule has 0 fully saturated rings. The smallest absolute Gasteiger partial charge is 0.337 e. The molecular formula is C15H19ClN6O3S. The van der Waals surface area contributed by atoms with Crippen LogP contribution in [0.3, 0.4) is 0 Å². The second-order valence-corrected chi connectivity index (χ2v) is 7.22. The molecule has 0 saturated heterocycles. The zero-order chi connectivity index (χ0) is 19.3. The van der Waals surface area contributed by atoms with Gasteiger partial charge in [-0.15, -0.1) is 0 Å². The third kappa shape index (κ3) is 4.38. The number of benzene rings is 1. The average molecular weight is 399 g/mol. The first-order chi connectivity index (χ1) is 12.3. The van der Waals surface area contributed by atoms with Crippen molar-refractivity contribution in [2.45, 2.75) is 18.7 Å². The average Bonchev–Trinajstić information content (AvgIpc) is 2.62. The molecule has 0 spiro atoms. The fourth-order valence-corrected chi connectivity index (χ4v) is 3.59. The standard InChI is InChI=1S/C15H19ClN6O3S/c1-4-22(5-2)14-18-10-17-13(19-14)21(3)15(23)20-26(24,25)12-9-7-6-8-11(12)16/h6-10H,4-5H2,1-3H3,(H,20,23). The number of hydrogen-bond acceptors (Lipinski definition) is 7. The van der Waals surface area contributed by atoms with Crippen LogP contribution in [0.2, 0.25) is 5.02 Å². The van der Waals surface area contributed by atoms with Crippen LogP contribution in [0.25, 0.3) is 0 Å². The van der Waals surface area contributed by atoms with Gasteiger partial charge in [0.15, 0.2) is 0 Å². The van der Waals surface area contributed by atoms with Crippen LogP contribution >= 0.6 is 11.6 Å². The van der Waals surface area contributed by atoms with Gasteiger partial charge in [0, 0.05) is 20.1 Å². The van der Waals surface area contributed by atoms with E-state index in [0.29, 0.717) is 19.0 Å². The summed E-state index contributed by atoms with van der Waals surface area (Å²) in [7, 11) is -2.77. The Morgan fingerprint density at radius 2 is 1.77 bits per heavy atom. The van der Waals surface area contributed by atoms with Crippen molar-refractivity contribution >= 4 is 39.6 Å². The molecule has 2 amide bonds. The molecule has 0 aliphatic heterocycles. The normalized spacial score (nSPS) is 11.1. The van der Waals surface area contributed by atoms with Gasteiger partial charge in [0.25, 0.3) is 10.0 Å². The topological polar surface area (TPSA) is 108 Å². The van der Waals surface area contributed by atoms with Gasteiger partial charge in [-0.25, -0.2) is 27.9 Å². The third-order valence-electron chi connectivity index (χ3n) is 3.55. The number of sulfonamides is 1. The maximum absolute atomic E-state index is 12.4. The highest BCUT2D eigenvalue weighted by Gasteiger charge is 2.24. The molecule has 0 radical (unpaired) electrons. The number of rotatable bonds is 6. The van der Waals surface area contributed by atoms with Crippen molar-refractivity contribution in [3.05, 3.63) is 35.6 Å². The van der Waals surface area contributed by atoms with E-state index in [1.807, 2.05) is 23.5 Å². The molecule has 26 heavy (non-hydrogen) atoms. The van der Waals surface area contributed by atoms with Gasteiger partial charge < -0.3 is 4.90 Å². The molecule has 1 N–H and O–H groups in total. The van der Waals surface area contributed by atoms with Gasteiger partial charge in [0.05, 0.1) is 5.02 Å². The Hall–Kier alpha value is -2.46. The molecule has 140 valence electrons. The number of urea groups is 1. The summed E-state index contributed by atoms with van der Waals surface area (Å²) >= 11 is 5.89. The van der Waals surface area contributed by atoms with E-state index in [2.05, 4.69) is 15.0 Å². The first-order valence-corrected chi connectivity index (χ1v) is 9.65. The third-order valence-corrected chi connectivity index (χ3v) is 5.37. The minimum absolute atomic E-state index is 0.0134.